The minimum atomic E-state index is -1.08. The molecule has 0 aliphatic heterocycles. The lowest BCUT2D eigenvalue weighted by Crippen LogP contribution is -2.49. The molecular weight excluding hydrogens is 582 g/mol. The fourth-order valence-electron chi connectivity index (χ4n) is 6.54. The predicted octanol–water partition coefficient (Wildman–Crippen LogP) is 11.7. The van der Waals surface area contributed by atoms with Gasteiger partial charge in [-0.25, -0.2) is 0 Å². The van der Waals surface area contributed by atoms with Crippen LogP contribution in [-0.4, -0.2) is 46.1 Å². The number of allylic oxidation sites excluding steroid dienone is 2. The Morgan fingerprint density at radius 1 is 0.489 bits per heavy atom. The van der Waals surface area contributed by atoms with Crippen LogP contribution in [-0.2, 0) is 4.79 Å². The van der Waals surface area contributed by atoms with E-state index < -0.39 is 24.2 Å². The number of unbranched alkanes of at least 4 members (excludes halogenated alkanes) is 28. The Morgan fingerprint density at radius 2 is 0.809 bits per heavy atom. The number of hydrogen-bond acceptors (Lipinski definition) is 4. The summed E-state index contributed by atoms with van der Waals surface area (Å²) in [4.78, 5) is 12.4. The lowest BCUT2D eigenvalue weighted by Gasteiger charge is -2.23. The van der Waals surface area contributed by atoms with Gasteiger partial charge in [0.25, 0.3) is 0 Å². The molecule has 0 aromatic heterocycles. The van der Waals surface area contributed by atoms with E-state index in [2.05, 4.69) is 31.3 Å². The average Bonchev–Trinajstić information content (AvgIpc) is 3.07. The summed E-state index contributed by atoms with van der Waals surface area (Å²) in [5.41, 5.74) is 0. The van der Waals surface area contributed by atoms with Gasteiger partial charge in [-0.1, -0.05) is 199 Å². The molecule has 1 amide bonds. The molecule has 0 saturated carbocycles. The van der Waals surface area contributed by atoms with Crippen molar-refractivity contribution in [2.45, 2.75) is 244 Å². The molecule has 0 spiro atoms. The molecule has 3 atom stereocenters. The van der Waals surface area contributed by atoms with Gasteiger partial charge < -0.3 is 20.6 Å². The third kappa shape index (κ3) is 33.4. The number of rotatable bonds is 38. The zero-order valence-corrected chi connectivity index (χ0v) is 31.7. The van der Waals surface area contributed by atoms with Crippen molar-refractivity contribution in [1.82, 2.24) is 5.32 Å². The van der Waals surface area contributed by atoms with E-state index in [0.29, 0.717) is 12.8 Å². The number of nitrogens with one attached hydrogen (secondary N) is 1. The summed E-state index contributed by atoms with van der Waals surface area (Å²) in [6, 6.07) is -0.709. The molecule has 0 rings (SSSR count). The number of aliphatic hydroxyl groups is 3. The van der Waals surface area contributed by atoms with Crippen LogP contribution in [0.4, 0.5) is 0 Å². The summed E-state index contributed by atoms with van der Waals surface area (Å²) in [5, 5.41) is 33.2. The SMILES string of the molecule is CCCCCCCCCCCCCC/C=C\CCCCCCCCC(O)C(=O)NC(CO)C(O)CCCCCCCCCCCCC. The number of amides is 1. The van der Waals surface area contributed by atoms with Crippen molar-refractivity contribution in [2.75, 3.05) is 6.61 Å². The van der Waals surface area contributed by atoms with Gasteiger partial charge in [0.2, 0.25) is 5.91 Å². The van der Waals surface area contributed by atoms with E-state index in [1.165, 1.54) is 167 Å². The first-order chi connectivity index (χ1) is 23.1. The fraction of sp³-hybridized carbons (Fsp3) is 0.929. The minimum Gasteiger partial charge on any atom is -0.394 e. The second-order valence-electron chi connectivity index (χ2n) is 14.6. The normalized spacial score (nSPS) is 13.7. The van der Waals surface area contributed by atoms with E-state index in [4.69, 9.17) is 0 Å². The van der Waals surface area contributed by atoms with Gasteiger partial charge in [-0.2, -0.15) is 0 Å². The van der Waals surface area contributed by atoms with E-state index >= 15 is 0 Å². The van der Waals surface area contributed by atoms with Crippen molar-refractivity contribution in [1.29, 1.82) is 0 Å². The van der Waals surface area contributed by atoms with Gasteiger partial charge in [0, 0.05) is 0 Å². The monoisotopic (exact) mass is 666 g/mol. The first-order valence-corrected chi connectivity index (χ1v) is 21.0. The van der Waals surface area contributed by atoms with Gasteiger partial charge in [-0.15, -0.1) is 0 Å². The zero-order chi connectivity index (χ0) is 34.5. The topological polar surface area (TPSA) is 89.8 Å². The number of aliphatic hydroxyl groups excluding tert-OH is 3. The molecule has 0 heterocycles. The summed E-state index contributed by atoms with van der Waals surface area (Å²) < 4.78 is 0. The molecular formula is C42H83NO4. The van der Waals surface area contributed by atoms with Crippen molar-refractivity contribution in [3.8, 4) is 0 Å². The Morgan fingerprint density at radius 3 is 1.17 bits per heavy atom. The van der Waals surface area contributed by atoms with Crippen LogP contribution in [0.5, 0.6) is 0 Å². The number of carbonyl (C=O) groups is 1. The molecule has 280 valence electrons. The third-order valence-electron chi connectivity index (χ3n) is 9.88. The van der Waals surface area contributed by atoms with Gasteiger partial charge in [0.15, 0.2) is 0 Å². The van der Waals surface area contributed by atoms with Crippen molar-refractivity contribution in [2.24, 2.45) is 0 Å². The number of carbonyl (C=O) groups excluding carboxylic acids is 1. The first-order valence-electron chi connectivity index (χ1n) is 21.0. The lowest BCUT2D eigenvalue weighted by molar-refractivity contribution is -0.131. The molecule has 0 aromatic rings. The Balaban J connectivity index is 3.60. The smallest absolute Gasteiger partial charge is 0.249 e. The fourth-order valence-corrected chi connectivity index (χ4v) is 6.54. The van der Waals surface area contributed by atoms with Crippen molar-refractivity contribution < 1.29 is 20.1 Å². The molecule has 4 N–H and O–H groups in total. The standard InChI is InChI=1S/C42H83NO4/c1-3-5-7-9-11-13-15-16-17-18-19-20-21-22-23-24-25-27-29-31-33-35-37-41(46)42(47)43-39(38-44)40(45)36-34-32-30-28-26-14-12-10-8-6-4-2/h22-23,39-41,44-46H,3-21,24-38H2,1-2H3,(H,43,47)/b23-22-. The molecule has 0 aliphatic rings. The van der Waals surface area contributed by atoms with Crippen molar-refractivity contribution >= 4 is 5.91 Å². The van der Waals surface area contributed by atoms with Crippen LogP contribution in [0.1, 0.15) is 226 Å². The molecule has 0 fully saturated rings. The first kappa shape index (κ1) is 46.1. The van der Waals surface area contributed by atoms with E-state index in [-0.39, 0.29) is 6.61 Å². The van der Waals surface area contributed by atoms with E-state index in [9.17, 15) is 20.1 Å². The van der Waals surface area contributed by atoms with Crippen molar-refractivity contribution in [3.05, 3.63) is 12.2 Å². The van der Waals surface area contributed by atoms with Gasteiger partial charge in [-0.05, 0) is 38.5 Å². The highest BCUT2D eigenvalue weighted by molar-refractivity contribution is 5.80. The molecule has 0 bridgehead atoms. The Kier molecular flexibility index (Phi) is 37.2. The Hall–Kier alpha value is -0.910. The van der Waals surface area contributed by atoms with Gasteiger partial charge in [-0.3, -0.25) is 4.79 Å². The van der Waals surface area contributed by atoms with E-state index in [1.54, 1.807) is 0 Å². The van der Waals surface area contributed by atoms with E-state index in [1.807, 2.05) is 0 Å². The summed E-state index contributed by atoms with van der Waals surface area (Å²) in [7, 11) is 0. The van der Waals surface area contributed by atoms with Crippen LogP contribution in [0, 0.1) is 0 Å². The molecule has 47 heavy (non-hydrogen) atoms. The molecule has 0 radical (unpaired) electrons. The molecule has 3 unspecified atom stereocenters. The van der Waals surface area contributed by atoms with Crippen LogP contribution >= 0.6 is 0 Å². The van der Waals surface area contributed by atoms with Gasteiger partial charge in [0.05, 0.1) is 18.8 Å². The minimum absolute atomic E-state index is 0.313. The van der Waals surface area contributed by atoms with Crippen LogP contribution in [0.2, 0.25) is 0 Å². The molecule has 0 aliphatic carbocycles. The average molecular weight is 666 g/mol. The molecule has 0 saturated heterocycles. The zero-order valence-electron chi connectivity index (χ0n) is 31.7. The van der Waals surface area contributed by atoms with Gasteiger partial charge >= 0.3 is 0 Å². The summed E-state index contributed by atoms with van der Waals surface area (Å²) in [6.45, 7) is 4.22. The molecule has 5 heteroatoms. The highest BCUT2D eigenvalue weighted by Gasteiger charge is 2.23. The maximum absolute atomic E-state index is 12.4. The van der Waals surface area contributed by atoms with Crippen LogP contribution in [0.15, 0.2) is 12.2 Å². The quantitative estimate of drug-likeness (QED) is 0.0390. The Labute approximate surface area is 293 Å². The maximum atomic E-state index is 12.4. The summed E-state index contributed by atoms with van der Waals surface area (Å²) >= 11 is 0. The molecule has 0 aromatic carbocycles. The second kappa shape index (κ2) is 37.9. The highest BCUT2D eigenvalue weighted by Crippen LogP contribution is 2.16. The predicted molar refractivity (Wildman–Crippen MR) is 204 cm³/mol. The Bertz CT molecular complexity index is 655. The van der Waals surface area contributed by atoms with Crippen molar-refractivity contribution in [3.63, 3.8) is 0 Å². The van der Waals surface area contributed by atoms with Gasteiger partial charge in [0.1, 0.15) is 6.10 Å². The largest absolute Gasteiger partial charge is 0.394 e. The van der Waals surface area contributed by atoms with Crippen LogP contribution in [0.25, 0.3) is 0 Å². The second-order valence-corrected chi connectivity index (χ2v) is 14.6. The van der Waals surface area contributed by atoms with E-state index in [0.717, 1.165) is 32.1 Å². The third-order valence-corrected chi connectivity index (χ3v) is 9.88. The van der Waals surface area contributed by atoms with Crippen LogP contribution in [0.3, 0.4) is 0 Å². The summed E-state index contributed by atoms with van der Waals surface area (Å²) in [5.74, 6) is -0.475. The van der Waals surface area contributed by atoms with Crippen LogP contribution < -0.4 is 5.32 Å². The lowest BCUT2D eigenvalue weighted by atomic mass is 10.0. The highest BCUT2D eigenvalue weighted by atomic mass is 16.3. The maximum Gasteiger partial charge on any atom is 0.249 e. The molecule has 5 nitrogen and oxygen atoms in total. The number of hydrogen-bond donors (Lipinski definition) is 4. The summed E-state index contributed by atoms with van der Waals surface area (Å²) in [6.07, 6.45) is 43.5.